The van der Waals surface area contributed by atoms with Gasteiger partial charge in [-0.2, -0.15) is 0 Å². The topological polar surface area (TPSA) is 21.3 Å². The Labute approximate surface area is 84.6 Å². The van der Waals surface area contributed by atoms with Crippen LogP contribution in [0.2, 0.25) is 0 Å². The molecule has 2 rings (SSSR count). The molecular formula is C12H15NO. The number of ether oxygens (including phenoxy) is 1. The molecule has 0 atom stereocenters. The predicted octanol–water partition coefficient (Wildman–Crippen LogP) is 2.61. The van der Waals surface area contributed by atoms with E-state index in [9.17, 15) is 0 Å². The summed E-state index contributed by atoms with van der Waals surface area (Å²) in [6.45, 7) is 5.25. The molecule has 1 heterocycles. The van der Waals surface area contributed by atoms with Gasteiger partial charge in [0.2, 0.25) is 0 Å². The van der Waals surface area contributed by atoms with E-state index in [0.717, 1.165) is 18.7 Å². The smallest absolute Gasteiger partial charge is 0.143 e. The number of rotatable bonds is 3. The van der Waals surface area contributed by atoms with E-state index < -0.39 is 0 Å². The first-order valence-corrected chi connectivity index (χ1v) is 5.01. The van der Waals surface area contributed by atoms with Crippen molar-refractivity contribution in [2.75, 3.05) is 18.5 Å². The van der Waals surface area contributed by atoms with Gasteiger partial charge in [-0.1, -0.05) is 24.8 Å². The van der Waals surface area contributed by atoms with Crippen molar-refractivity contribution in [2.45, 2.75) is 12.8 Å². The highest BCUT2D eigenvalue weighted by molar-refractivity contribution is 5.63. The summed E-state index contributed by atoms with van der Waals surface area (Å²) >= 11 is 0. The quantitative estimate of drug-likeness (QED) is 0.738. The molecule has 2 nitrogen and oxygen atoms in total. The minimum atomic E-state index is 0.568. The van der Waals surface area contributed by atoms with Crippen molar-refractivity contribution < 1.29 is 4.74 Å². The molecule has 0 saturated carbocycles. The molecule has 0 aromatic heterocycles. The highest BCUT2D eigenvalue weighted by Crippen LogP contribution is 2.31. The number of anilines is 1. The fraction of sp³-hybridized carbons (Fsp3) is 0.333. The predicted molar refractivity (Wildman–Crippen MR) is 58.9 cm³/mol. The molecule has 0 spiro atoms. The third-order valence-corrected chi connectivity index (χ3v) is 2.39. The van der Waals surface area contributed by atoms with Gasteiger partial charge in [-0.15, -0.1) is 0 Å². The van der Waals surface area contributed by atoms with Crippen molar-refractivity contribution in [3.05, 3.63) is 36.4 Å². The van der Waals surface area contributed by atoms with Gasteiger partial charge in [0.1, 0.15) is 12.4 Å². The normalized spacial score (nSPS) is 14.0. The number of nitrogens with one attached hydrogen (secondary N) is 1. The molecule has 0 bridgehead atoms. The zero-order chi connectivity index (χ0) is 9.80. The zero-order valence-corrected chi connectivity index (χ0v) is 8.25. The molecule has 0 radical (unpaired) electrons. The van der Waals surface area contributed by atoms with E-state index in [0.29, 0.717) is 6.61 Å². The first-order valence-electron chi connectivity index (χ1n) is 5.01. The van der Waals surface area contributed by atoms with Gasteiger partial charge in [0.25, 0.3) is 0 Å². The first-order chi connectivity index (χ1) is 6.92. The monoisotopic (exact) mass is 189 g/mol. The lowest BCUT2D eigenvalue weighted by atomic mass is 10.0. The van der Waals surface area contributed by atoms with E-state index in [1.807, 2.05) is 12.1 Å². The Balaban J connectivity index is 2.25. The fourth-order valence-electron chi connectivity index (χ4n) is 1.75. The summed E-state index contributed by atoms with van der Waals surface area (Å²) in [5, 5.41) is 3.38. The second-order valence-corrected chi connectivity index (χ2v) is 3.42. The lowest BCUT2D eigenvalue weighted by Crippen LogP contribution is -2.13. The van der Waals surface area contributed by atoms with Crippen molar-refractivity contribution in [1.29, 1.82) is 0 Å². The molecule has 1 aliphatic rings. The van der Waals surface area contributed by atoms with Gasteiger partial charge in [-0.3, -0.25) is 0 Å². The van der Waals surface area contributed by atoms with Gasteiger partial charge in [0.15, 0.2) is 0 Å². The van der Waals surface area contributed by atoms with Crippen LogP contribution in [0.1, 0.15) is 12.0 Å². The Morgan fingerprint density at radius 2 is 2.43 bits per heavy atom. The summed E-state index contributed by atoms with van der Waals surface area (Å²) in [6, 6.07) is 6.20. The molecule has 0 fully saturated rings. The van der Waals surface area contributed by atoms with Crippen LogP contribution in [0.15, 0.2) is 30.9 Å². The van der Waals surface area contributed by atoms with Gasteiger partial charge in [-0.05, 0) is 24.5 Å². The Kier molecular flexibility index (Phi) is 2.73. The maximum absolute atomic E-state index is 5.57. The second-order valence-electron chi connectivity index (χ2n) is 3.42. The minimum absolute atomic E-state index is 0.568. The van der Waals surface area contributed by atoms with E-state index in [2.05, 4.69) is 18.0 Å². The molecule has 1 aromatic carbocycles. The lowest BCUT2D eigenvalue weighted by Gasteiger charge is -2.20. The summed E-state index contributed by atoms with van der Waals surface area (Å²) in [5.74, 6) is 0.946. The third kappa shape index (κ3) is 1.74. The Morgan fingerprint density at radius 3 is 3.29 bits per heavy atom. The van der Waals surface area contributed by atoms with E-state index in [-0.39, 0.29) is 0 Å². The van der Waals surface area contributed by atoms with Crippen LogP contribution in [0.4, 0.5) is 5.69 Å². The molecular weight excluding hydrogens is 174 g/mol. The number of benzene rings is 1. The standard InChI is InChI=1S/C12H15NO/c1-2-9-14-11-7-3-5-10-6-4-8-13-12(10)11/h2-3,5,7,13H,1,4,6,8-9H2. The van der Waals surface area contributed by atoms with Gasteiger partial charge >= 0.3 is 0 Å². The fourth-order valence-corrected chi connectivity index (χ4v) is 1.75. The highest BCUT2D eigenvalue weighted by Gasteiger charge is 2.12. The van der Waals surface area contributed by atoms with Crippen LogP contribution in [-0.2, 0) is 6.42 Å². The number of aryl methyl sites for hydroxylation is 1. The van der Waals surface area contributed by atoms with Gasteiger partial charge in [0.05, 0.1) is 5.69 Å². The largest absolute Gasteiger partial charge is 0.487 e. The number of hydrogen-bond acceptors (Lipinski definition) is 2. The van der Waals surface area contributed by atoms with Crippen molar-refractivity contribution in [2.24, 2.45) is 0 Å². The summed E-state index contributed by atoms with van der Waals surface area (Å²) < 4.78 is 5.57. The molecule has 0 amide bonds. The molecule has 74 valence electrons. The van der Waals surface area contributed by atoms with Crippen molar-refractivity contribution in [1.82, 2.24) is 0 Å². The lowest BCUT2D eigenvalue weighted by molar-refractivity contribution is 0.364. The molecule has 14 heavy (non-hydrogen) atoms. The zero-order valence-electron chi connectivity index (χ0n) is 8.25. The van der Waals surface area contributed by atoms with Crippen LogP contribution >= 0.6 is 0 Å². The van der Waals surface area contributed by atoms with Crippen LogP contribution in [0.5, 0.6) is 5.75 Å². The number of para-hydroxylation sites is 1. The van der Waals surface area contributed by atoms with E-state index in [1.165, 1.54) is 17.7 Å². The summed E-state index contributed by atoms with van der Waals surface area (Å²) in [7, 11) is 0. The first kappa shape index (κ1) is 9.13. The number of fused-ring (bicyclic) bond motifs is 1. The SMILES string of the molecule is C=CCOc1cccc2c1NCCC2. The van der Waals surface area contributed by atoms with Crippen LogP contribution in [0.25, 0.3) is 0 Å². The molecule has 0 unspecified atom stereocenters. The highest BCUT2D eigenvalue weighted by atomic mass is 16.5. The minimum Gasteiger partial charge on any atom is -0.487 e. The van der Waals surface area contributed by atoms with Crippen LogP contribution < -0.4 is 10.1 Å². The van der Waals surface area contributed by atoms with E-state index >= 15 is 0 Å². The van der Waals surface area contributed by atoms with Crippen LogP contribution in [-0.4, -0.2) is 13.2 Å². The molecule has 0 saturated heterocycles. The molecule has 1 aromatic rings. The Bertz CT molecular complexity index is 333. The van der Waals surface area contributed by atoms with Crippen LogP contribution in [0.3, 0.4) is 0 Å². The van der Waals surface area contributed by atoms with Gasteiger partial charge in [-0.25, -0.2) is 0 Å². The maximum atomic E-state index is 5.57. The Hall–Kier alpha value is -1.44. The average molecular weight is 189 g/mol. The van der Waals surface area contributed by atoms with E-state index in [1.54, 1.807) is 6.08 Å². The van der Waals surface area contributed by atoms with Crippen molar-refractivity contribution in [3.8, 4) is 5.75 Å². The Morgan fingerprint density at radius 1 is 1.50 bits per heavy atom. The average Bonchev–Trinajstić information content (AvgIpc) is 2.26. The second kappa shape index (κ2) is 4.18. The molecule has 2 heteroatoms. The number of hydrogen-bond donors (Lipinski definition) is 1. The van der Waals surface area contributed by atoms with E-state index in [4.69, 9.17) is 4.74 Å². The summed E-state index contributed by atoms with van der Waals surface area (Å²) in [4.78, 5) is 0. The molecule has 0 aliphatic carbocycles. The van der Waals surface area contributed by atoms with Crippen LogP contribution in [0, 0.1) is 0 Å². The summed E-state index contributed by atoms with van der Waals surface area (Å²) in [5.41, 5.74) is 2.53. The van der Waals surface area contributed by atoms with Gasteiger partial charge in [0, 0.05) is 6.54 Å². The van der Waals surface area contributed by atoms with Crippen molar-refractivity contribution in [3.63, 3.8) is 0 Å². The van der Waals surface area contributed by atoms with Gasteiger partial charge < -0.3 is 10.1 Å². The molecule has 1 N–H and O–H groups in total. The maximum Gasteiger partial charge on any atom is 0.143 e. The molecule has 1 aliphatic heterocycles. The van der Waals surface area contributed by atoms with Crippen molar-refractivity contribution >= 4 is 5.69 Å². The third-order valence-electron chi connectivity index (χ3n) is 2.39. The summed E-state index contributed by atoms with van der Waals surface area (Å²) in [6.07, 6.45) is 4.12.